The van der Waals surface area contributed by atoms with E-state index >= 15 is 0 Å². The molecule has 2 aliphatic rings. The maximum atomic E-state index is 12.1. The maximum Gasteiger partial charge on any atom is 0.169 e. The van der Waals surface area contributed by atoms with Crippen molar-refractivity contribution in [3.8, 4) is 0 Å². The van der Waals surface area contributed by atoms with Gasteiger partial charge in [-0.1, -0.05) is 27.7 Å². The number of ether oxygens (including phenoxy) is 2. The molecule has 1 saturated carbocycles. The van der Waals surface area contributed by atoms with Gasteiger partial charge in [-0.2, -0.15) is 0 Å². The van der Waals surface area contributed by atoms with Crippen molar-refractivity contribution < 1.29 is 14.3 Å². The van der Waals surface area contributed by atoms with Gasteiger partial charge in [0.15, 0.2) is 5.79 Å². The fourth-order valence-corrected chi connectivity index (χ4v) is 4.87. The summed E-state index contributed by atoms with van der Waals surface area (Å²) in [6.07, 6.45) is 2.81. The van der Waals surface area contributed by atoms with Crippen LogP contribution in [0.4, 0.5) is 0 Å². The molecule has 0 radical (unpaired) electrons. The van der Waals surface area contributed by atoms with Crippen LogP contribution in [0, 0.1) is 16.7 Å². The number of carbonyl (C=O) groups excluding carboxylic acids is 1. The molecular formula is C16H28O3. The largest absolute Gasteiger partial charge is 0.350 e. The predicted molar refractivity (Wildman–Crippen MR) is 74.8 cm³/mol. The predicted octanol–water partition coefficient (Wildman–Crippen LogP) is 3.56. The van der Waals surface area contributed by atoms with Crippen LogP contribution in [0.1, 0.15) is 60.8 Å². The van der Waals surface area contributed by atoms with Crippen LogP contribution in [0.5, 0.6) is 0 Å². The summed E-state index contributed by atoms with van der Waals surface area (Å²) in [6, 6.07) is 0. The lowest BCUT2D eigenvalue weighted by Gasteiger charge is -2.57. The zero-order valence-electron chi connectivity index (χ0n) is 13.2. The number of carbonyl (C=O) groups is 1. The molecule has 3 heteroatoms. The Labute approximate surface area is 117 Å². The van der Waals surface area contributed by atoms with Gasteiger partial charge in [-0.05, 0) is 31.1 Å². The fourth-order valence-electron chi connectivity index (χ4n) is 4.87. The molecule has 110 valence electrons. The molecule has 0 aromatic rings. The molecule has 0 bridgehead atoms. The van der Waals surface area contributed by atoms with E-state index in [2.05, 4.69) is 34.6 Å². The Morgan fingerprint density at radius 1 is 1.11 bits per heavy atom. The van der Waals surface area contributed by atoms with Crippen LogP contribution >= 0.6 is 0 Å². The van der Waals surface area contributed by atoms with Crippen LogP contribution in [-0.4, -0.2) is 24.3 Å². The molecule has 1 saturated heterocycles. The summed E-state index contributed by atoms with van der Waals surface area (Å²) in [5.74, 6) is -0.139. The average Bonchev–Trinajstić information content (AvgIpc) is 2.09. The van der Waals surface area contributed by atoms with Gasteiger partial charge in [-0.15, -0.1) is 0 Å². The molecular weight excluding hydrogens is 240 g/mol. The van der Waals surface area contributed by atoms with E-state index in [0.717, 1.165) is 25.9 Å². The van der Waals surface area contributed by atoms with E-state index in [4.69, 9.17) is 9.47 Å². The second kappa shape index (κ2) is 4.56. The van der Waals surface area contributed by atoms with Crippen molar-refractivity contribution >= 4 is 5.78 Å². The molecule has 0 amide bonds. The lowest BCUT2D eigenvalue weighted by Crippen LogP contribution is -2.58. The van der Waals surface area contributed by atoms with Gasteiger partial charge in [-0.3, -0.25) is 4.79 Å². The summed E-state index contributed by atoms with van der Waals surface area (Å²) in [6.45, 7) is 13.3. The van der Waals surface area contributed by atoms with Crippen molar-refractivity contribution in [3.63, 3.8) is 0 Å². The summed E-state index contributed by atoms with van der Waals surface area (Å²) in [5, 5.41) is 0. The van der Waals surface area contributed by atoms with Crippen molar-refractivity contribution in [2.75, 3.05) is 6.61 Å². The van der Waals surface area contributed by atoms with Crippen molar-refractivity contribution in [1.29, 1.82) is 0 Å². The third-order valence-corrected chi connectivity index (χ3v) is 4.72. The standard InChI is InChI=1S/C16H28O3/c1-11-7-8-18-16(19-11)9-14(3,4)13(12(2)17)15(5,6)10-16/h11,13H,7-10H2,1-6H3. The number of hydrogen-bond donors (Lipinski definition) is 0. The third-order valence-electron chi connectivity index (χ3n) is 4.72. The van der Waals surface area contributed by atoms with Crippen LogP contribution in [0.2, 0.25) is 0 Å². The van der Waals surface area contributed by atoms with Crippen LogP contribution in [-0.2, 0) is 14.3 Å². The molecule has 1 spiro atoms. The number of Topliss-reactive ketones (excluding diaryl/α,β-unsaturated/α-hetero) is 1. The molecule has 0 aromatic carbocycles. The average molecular weight is 268 g/mol. The van der Waals surface area contributed by atoms with Crippen molar-refractivity contribution in [2.45, 2.75) is 72.7 Å². The minimum Gasteiger partial charge on any atom is -0.350 e. The Morgan fingerprint density at radius 2 is 1.63 bits per heavy atom. The molecule has 0 aromatic heterocycles. The van der Waals surface area contributed by atoms with Gasteiger partial charge >= 0.3 is 0 Å². The van der Waals surface area contributed by atoms with Crippen LogP contribution in [0.15, 0.2) is 0 Å². The summed E-state index contributed by atoms with van der Waals surface area (Å²) in [4.78, 5) is 12.1. The monoisotopic (exact) mass is 268 g/mol. The van der Waals surface area contributed by atoms with E-state index < -0.39 is 5.79 Å². The second-order valence-corrected chi connectivity index (χ2v) is 7.85. The van der Waals surface area contributed by atoms with Gasteiger partial charge in [0.25, 0.3) is 0 Å². The highest BCUT2D eigenvalue weighted by Crippen LogP contribution is 2.57. The molecule has 1 aliphatic heterocycles. The van der Waals surface area contributed by atoms with Crippen molar-refractivity contribution in [1.82, 2.24) is 0 Å². The first-order chi connectivity index (χ1) is 8.58. The number of rotatable bonds is 1. The quantitative estimate of drug-likeness (QED) is 0.729. The second-order valence-electron chi connectivity index (χ2n) is 7.85. The summed E-state index contributed by atoms with van der Waals surface area (Å²) in [7, 11) is 0. The molecule has 1 aliphatic carbocycles. The number of hydrogen-bond acceptors (Lipinski definition) is 3. The maximum absolute atomic E-state index is 12.1. The first-order valence-corrected chi connectivity index (χ1v) is 7.40. The Morgan fingerprint density at radius 3 is 2.05 bits per heavy atom. The van der Waals surface area contributed by atoms with Gasteiger partial charge in [-0.25, -0.2) is 0 Å². The van der Waals surface area contributed by atoms with Crippen LogP contribution in [0.25, 0.3) is 0 Å². The van der Waals surface area contributed by atoms with Gasteiger partial charge in [0, 0.05) is 18.8 Å². The van der Waals surface area contributed by atoms with E-state index in [1.165, 1.54) is 0 Å². The molecule has 1 unspecified atom stereocenters. The smallest absolute Gasteiger partial charge is 0.169 e. The van der Waals surface area contributed by atoms with Gasteiger partial charge < -0.3 is 9.47 Å². The van der Waals surface area contributed by atoms with E-state index in [1.54, 1.807) is 6.92 Å². The van der Waals surface area contributed by atoms with Crippen LogP contribution < -0.4 is 0 Å². The Kier molecular flexibility index (Phi) is 3.60. The highest BCUT2D eigenvalue weighted by Gasteiger charge is 2.57. The summed E-state index contributed by atoms with van der Waals surface area (Å²) in [5.41, 5.74) is -0.185. The Balaban J connectivity index is 2.32. The first-order valence-electron chi connectivity index (χ1n) is 7.40. The molecule has 2 fully saturated rings. The highest BCUT2D eigenvalue weighted by molar-refractivity contribution is 5.80. The van der Waals surface area contributed by atoms with Gasteiger partial charge in [0.2, 0.25) is 0 Å². The van der Waals surface area contributed by atoms with Gasteiger partial charge in [0.1, 0.15) is 5.78 Å². The van der Waals surface area contributed by atoms with E-state index in [0.29, 0.717) is 0 Å². The lowest BCUT2D eigenvalue weighted by molar-refractivity contribution is -0.332. The SMILES string of the molecule is CC(=O)C1C(C)(C)CC2(CC1(C)C)OCCC(C)O2. The molecule has 0 N–H and O–H groups in total. The van der Waals surface area contributed by atoms with E-state index in [1.807, 2.05) is 0 Å². The summed E-state index contributed by atoms with van der Waals surface area (Å²) < 4.78 is 12.2. The molecule has 3 nitrogen and oxygen atoms in total. The van der Waals surface area contributed by atoms with E-state index in [-0.39, 0.29) is 28.6 Å². The molecule has 1 atom stereocenters. The van der Waals surface area contributed by atoms with E-state index in [9.17, 15) is 4.79 Å². The summed E-state index contributed by atoms with van der Waals surface area (Å²) >= 11 is 0. The molecule has 1 heterocycles. The normalized spacial score (nSPS) is 33.3. The Bertz CT molecular complexity index is 352. The number of ketones is 1. The lowest BCUT2D eigenvalue weighted by atomic mass is 9.54. The first kappa shape index (κ1) is 15.0. The van der Waals surface area contributed by atoms with Crippen molar-refractivity contribution in [2.24, 2.45) is 16.7 Å². The minimum atomic E-state index is -0.489. The fraction of sp³-hybridized carbons (Fsp3) is 0.938. The Hall–Kier alpha value is -0.410. The molecule has 19 heavy (non-hydrogen) atoms. The van der Waals surface area contributed by atoms with Crippen LogP contribution in [0.3, 0.4) is 0 Å². The zero-order valence-corrected chi connectivity index (χ0v) is 13.2. The topological polar surface area (TPSA) is 35.5 Å². The highest BCUT2D eigenvalue weighted by atomic mass is 16.7. The molecule has 2 rings (SSSR count). The van der Waals surface area contributed by atoms with Gasteiger partial charge in [0.05, 0.1) is 12.7 Å². The van der Waals surface area contributed by atoms with Crippen molar-refractivity contribution in [3.05, 3.63) is 0 Å². The minimum absolute atomic E-state index is 0.0649. The zero-order chi connectivity index (χ0) is 14.5. The third kappa shape index (κ3) is 2.73.